The number of quaternary nitrogens is 1. The zero-order chi connectivity index (χ0) is 61.2. The Bertz CT molecular complexity index is 1780. The average molecular weight is 1190 g/mol. The quantitative estimate of drug-likeness (QED) is 0.0243. The van der Waals surface area contributed by atoms with Crippen LogP contribution in [-0.2, 0) is 18.4 Å². The predicted molar refractivity (Wildman–Crippen MR) is 368 cm³/mol. The maximum Gasteiger partial charge on any atom is 0.472 e. The van der Waals surface area contributed by atoms with Gasteiger partial charge in [0, 0.05) is 6.42 Å². The highest BCUT2D eigenvalue weighted by Gasteiger charge is 2.28. The Labute approximate surface area is 520 Å². The van der Waals surface area contributed by atoms with Crippen molar-refractivity contribution in [1.29, 1.82) is 0 Å². The molecule has 0 saturated carbocycles. The van der Waals surface area contributed by atoms with E-state index >= 15 is 0 Å². The van der Waals surface area contributed by atoms with Crippen molar-refractivity contribution in [2.24, 2.45) is 0 Å². The third-order valence-corrected chi connectivity index (χ3v) is 16.1. The summed E-state index contributed by atoms with van der Waals surface area (Å²) in [4.78, 5) is 23.4. The van der Waals surface area contributed by atoms with Gasteiger partial charge in [-0.3, -0.25) is 13.8 Å². The number of hydrogen-bond acceptors (Lipinski definition) is 5. The molecule has 0 aromatic rings. The highest BCUT2D eigenvalue weighted by Crippen LogP contribution is 2.43. The number of allylic oxidation sites excluding steroid dienone is 19. The van der Waals surface area contributed by atoms with Crippen molar-refractivity contribution in [3.63, 3.8) is 0 Å². The molecule has 0 aromatic carbocycles. The minimum Gasteiger partial charge on any atom is -0.387 e. The van der Waals surface area contributed by atoms with Crippen molar-refractivity contribution in [3.8, 4) is 0 Å². The van der Waals surface area contributed by atoms with E-state index in [1.807, 2.05) is 27.2 Å². The molecule has 0 aliphatic heterocycles. The lowest BCUT2D eigenvalue weighted by Crippen LogP contribution is -2.45. The number of phosphoric acid groups is 1. The monoisotopic (exact) mass is 1190 g/mol. The third-order valence-electron chi connectivity index (χ3n) is 15.2. The second-order valence-electron chi connectivity index (χ2n) is 24.5. The van der Waals surface area contributed by atoms with Crippen molar-refractivity contribution < 1.29 is 32.9 Å². The molecule has 0 heterocycles. The topological polar surface area (TPSA) is 105 Å². The number of unbranched alkanes of at least 4 members (excludes halogenated alkanes) is 32. The van der Waals surface area contributed by atoms with Crippen molar-refractivity contribution in [2.75, 3.05) is 40.9 Å². The van der Waals surface area contributed by atoms with Gasteiger partial charge in [-0.2, -0.15) is 0 Å². The number of phosphoric ester groups is 1. The molecule has 0 spiro atoms. The smallest absolute Gasteiger partial charge is 0.387 e. The molecule has 3 unspecified atom stereocenters. The standard InChI is InChI=1S/C75H133N2O6P/c1-6-8-10-12-14-16-18-20-22-24-26-28-30-32-34-36-38-40-42-44-46-48-50-52-54-56-58-60-62-64-66-68-74(78)73(72-83-84(80,81)82-71-70-77(3,4)5)76-75(79)69-67-65-63-61-59-57-55-53-51-49-47-45-43-41-39-37-35-33-31-29-27-25-23-21-19-17-15-13-11-9-7-2/h9,11,15,17,21,23,27,29,33,35,39,41,45,47,51,53,58,60,66,68,73-74,78H,6-8,10,12-14,16,18-20,22,24-26,28,30-32,34,36-38,40,42-44,46,48-50,52,54-57,59,61-65,67,69-72H2,1-5H3,(H-,76,79,80,81)/p+1/b11-9-,17-15-,23-21-,29-27-,35-33-,41-39-,47-45-,53-51-,60-58+,68-66+. The molecule has 0 aromatic heterocycles. The molecule has 0 aliphatic carbocycles. The Morgan fingerprint density at radius 2 is 0.726 bits per heavy atom. The fourth-order valence-corrected chi connectivity index (χ4v) is 10.5. The molecule has 0 rings (SSSR count). The van der Waals surface area contributed by atoms with E-state index in [1.165, 1.54) is 167 Å². The maximum absolute atomic E-state index is 13.0. The van der Waals surface area contributed by atoms with Crippen LogP contribution in [0.5, 0.6) is 0 Å². The van der Waals surface area contributed by atoms with E-state index in [1.54, 1.807) is 6.08 Å². The summed E-state index contributed by atoms with van der Waals surface area (Å²) in [5.41, 5.74) is 0. The van der Waals surface area contributed by atoms with E-state index < -0.39 is 20.0 Å². The van der Waals surface area contributed by atoms with Crippen molar-refractivity contribution in [2.45, 2.75) is 309 Å². The summed E-state index contributed by atoms with van der Waals surface area (Å²) in [5.74, 6) is -0.204. The van der Waals surface area contributed by atoms with Crippen LogP contribution in [0.15, 0.2) is 122 Å². The van der Waals surface area contributed by atoms with Gasteiger partial charge in [0.25, 0.3) is 0 Å². The van der Waals surface area contributed by atoms with Crippen molar-refractivity contribution in [3.05, 3.63) is 122 Å². The first-order valence-corrected chi connectivity index (χ1v) is 36.4. The van der Waals surface area contributed by atoms with E-state index in [0.29, 0.717) is 17.4 Å². The molecule has 3 atom stereocenters. The van der Waals surface area contributed by atoms with Crippen LogP contribution in [0.3, 0.4) is 0 Å². The van der Waals surface area contributed by atoms with Gasteiger partial charge in [-0.1, -0.05) is 315 Å². The number of rotatable bonds is 63. The second-order valence-corrected chi connectivity index (χ2v) is 26.0. The number of carbonyl (C=O) groups excluding carboxylic acids is 1. The number of carbonyl (C=O) groups is 1. The lowest BCUT2D eigenvalue weighted by molar-refractivity contribution is -0.870. The van der Waals surface area contributed by atoms with Crippen LogP contribution in [0.2, 0.25) is 0 Å². The molecule has 8 nitrogen and oxygen atoms in total. The molecule has 484 valence electrons. The molecule has 0 radical (unpaired) electrons. The largest absolute Gasteiger partial charge is 0.472 e. The zero-order valence-electron chi connectivity index (χ0n) is 55.4. The first kappa shape index (κ1) is 80.9. The van der Waals surface area contributed by atoms with Crippen LogP contribution in [0.4, 0.5) is 0 Å². The van der Waals surface area contributed by atoms with Gasteiger partial charge in [0.05, 0.1) is 39.9 Å². The molecule has 0 saturated heterocycles. The highest BCUT2D eigenvalue weighted by molar-refractivity contribution is 7.47. The van der Waals surface area contributed by atoms with Gasteiger partial charge in [0.15, 0.2) is 0 Å². The molecule has 84 heavy (non-hydrogen) atoms. The number of hydrogen-bond donors (Lipinski definition) is 3. The Hall–Kier alpha value is -3.10. The number of nitrogens with one attached hydrogen (secondary N) is 1. The van der Waals surface area contributed by atoms with Crippen LogP contribution in [0.25, 0.3) is 0 Å². The Morgan fingerprint density at radius 3 is 1.10 bits per heavy atom. The van der Waals surface area contributed by atoms with Gasteiger partial charge in [0.1, 0.15) is 13.2 Å². The summed E-state index contributed by atoms with van der Waals surface area (Å²) in [6, 6.07) is -0.883. The van der Waals surface area contributed by atoms with Crippen LogP contribution in [-0.4, -0.2) is 73.4 Å². The molecule has 9 heteroatoms. The number of nitrogens with zero attached hydrogens (tertiary/aromatic N) is 1. The normalized spacial score (nSPS) is 14.4. The van der Waals surface area contributed by atoms with E-state index in [4.69, 9.17) is 9.05 Å². The summed E-state index contributed by atoms with van der Waals surface area (Å²) in [6.45, 7) is 4.69. The molecule has 3 N–H and O–H groups in total. The summed E-state index contributed by atoms with van der Waals surface area (Å²) < 4.78 is 23.8. The number of aliphatic hydroxyl groups excluding tert-OH is 1. The third kappa shape index (κ3) is 66.4. The summed E-state index contributed by atoms with van der Waals surface area (Å²) in [6.07, 6.45) is 96.3. The van der Waals surface area contributed by atoms with E-state index in [-0.39, 0.29) is 19.1 Å². The number of amides is 1. The number of aliphatic hydroxyl groups is 1. The highest BCUT2D eigenvalue weighted by atomic mass is 31.2. The van der Waals surface area contributed by atoms with Gasteiger partial charge in [-0.05, 0) is 96.3 Å². The van der Waals surface area contributed by atoms with E-state index in [9.17, 15) is 19.4 Å². The molecule has 0 fully saturated rings. The van der Waals surface area contributed by atoms with Gasteiger partial charge in [-0.25, -0.2) is 4.57 Å². The minimum absolute atomic E-state index is 0.0467. The first-order chi connectivity index (χ1) is 41.0. The predicted octanol–water partition coefficient (Wildman–Crippen LogP) is 22.4. The molecule has 1 amide bonds. The summed E-state index contributed by atoms with van der Waals surface area (Å²) in [7, 11) is 1.53. The minimum atomic E-state index is -4.38. The molecule has 0 bridgehead atoms. The van der Waals surface area contributed by atoms with Crippen LogP contribution >= 0.6 is 7.82 Å². The van der Waals surface area contributed by atoms with Crippen LogP contribution < -0.4 is 5.32 Å². The van der Waals surface area contributed by atoms with E-state index in [0.717, 1.165) is 109 Å². The average Bonchev–Trinajstić information content (AvgIpc) is 3.56. The summed E-state index contributed by atoms with van der Waals surface area (Å²) >= 11 is 0. The Kier molecular flexibility index (Phi) is 62.0. The lowest BCUT2D eigenvalue weighted by atomic mass is 10.0. The molecule has 0 aliphatic rings. The fourth-order valence-electron chi connectivity index (χ4n) is 9.78. The van der Waals surface area contributed by atoms with Gasteiger partial charge >= 0.3 is 7.82 Å². The molecular formula is C75H134N2O6P+. The van der Waals surface area contributed by atoms with Crippen LogP contribution in [0.1, 0.15) is 296 Å². The van der Waals surface area contributed by atoms with Gasteiger partial charge in [0.2, 0.25) is 5.91 Å². The fraction of sp³-hybridized carbons (Fsp3) is 0.720. The second kappa shape index (κ2) is 64.4. The zero-order valence-corrected chi connectivity index (χ0v) is 56.3. The Morgan fingerprint density at radius 1 is 0.417 bits per heavy atom. The maximum atomic E-state index is 13.0. The van der Waals surface area contributed by atoms with Crippen molar-refractivity contribution in [1.82, 2.24) is 5.32 Å². The SMILES string of the molecule is CC/C=C\C/C=C\C/C=C\C/C=C\C/C=C\C/C=C\C/C=C\C/C=C\CCCCCCCCC(=O)NC(COP(=O)(O)OCC[N+](C)(C)C)C(O)/C=C/CC/C=C/CCCCCCCCCCCCCCCCCCCCCCCCCCC. The number of likely N-dealkylation sites (N-methyl/N-ethyl adjacent to an activating group) is 1. The van der Waals surface area contributed by atoms with Crippen LogP contribution in [0, 0.1) is 0 Å². The van der Waals surface area contributed by atoms with Gasteiger partial charge in [-0.15, -0.1) is 0 Å². The first-order valence-electron chi connectivity index (χ1n) is 34.9. The van der Waals surface area contributed by atoms with E-state index in [2.05, 4.69) is 129 Å². The Balaban J connectivity index is 4.20. The molecular weight excluding hydrogens is 1060 g/mol. The van der Waals surface area contributed by atoms with Crippen molar-refractivity contribution >= 4 is 13.7 Å². The summed E-state index contributed by atoms with van der Waals surface area (Å²) in [5, 5.41) is 14.0. The lowest BCUT2D eigenvalue weighted by Gasteiger charge is -2.25. The van der Waals surface area contributed by atoms with Gasteiger partial charge < -0.3 is 19.8 Å².